The number of likely N-dealkylation sites (tertiary alicyclic amines) is 1. The summed E-state index contributed by atoms with van der Waals surface area (Å²) < 4.78 is 38.9. The summed E-state index contributed by atoms with van der Waals surface area (Å²) in [6.45, 7) is 5.60. The molecule has 0 aliphatic carbocycles. The second-order valence-electron chi connectivity index (χ2n) is 8.25. The van der Waals surface area contributed by atoms with Gasteiger partial charge in [0, 0.05) is 43.9 Å². The van der Waals surface area contributed by atoms with Gasteiger partial charge in [-0.25, -0.2) is 0 Å². The van der Waals surface area contributed by atoms with Gasteiger partial charge in [0.05, 0.1) is 11.3 Å². The van der Waals surface area contributed by atoms with Crippen LogP contribution < -0.4 is 9.80 Å². The number of hydrogen-bond donors (Lipinski definition) is 1. The molecule has 2 aliphatic rings. The van der Waals surface area contributed by atoms with Gasteiger partial charge in [-0.2, -0.15) is 13.2 Å². The molecule has 0 amide bonds. The first-order valence-corrected chi connectivity index (χ1v) is 10.1. The van der Waals surface area contributed by atoms with Crippen LogP contribution in [0.3, 0.4) is 0 Å². The van der Waals surface area contributed by atoms with Crippen LogP contribution in [0, 0.1) is 6.92 Å². The van der Waals surface area contributed by atoms with Gasteiger partial charge in [-0.05, 0) is 51.6 Å². The molecule has 30 heavy (non-hydrogen) atoms. The van der Waals surface area contributed by atoms with Crippen LogP contribution >= 0.6 is 0 Å². The Morgan fingerprint density at radius 3 is 2.53 bits per heavy atom. The summed E-state index contributed by atoms with van der Waals surface area (Å²) in [5.74, 6) is 0.350. The van der Waals surface area contributed by atoms with Gasteiger partial charge in [-0.15, -0.1) is 10.2 Å². The van der Waals surface area contributed by atoms with Crippen molar-refractivity contribution in [1.29, 1.82) is 0 Å². The minimum absolute atomic E-state index is 0.249. The summed E-state index contributed by atoms with van der Waals surface area (Å²) in [6.07, 6.45) is -2.29. The molecule has 0 spiro atoms. The maximum atomic E-state index is 13.0. The number of halogens is 3. The Morgan fingerprint density at radius 2 is 1.87 bits per heavy atom. The summed E-state index contributed by atoms with van der Waals surface area (Å²) in [5, 5.41) is 19.1. The van der Waals surface area contributed by atoms with E-state index in [0.29, 0.717) is 11.7 Å². The number of hydrogen-bond acceptors (Lipinski definition) is 6. The van der Waals surface area contributed by atoms with Crippen LogP contribution in [0.15, 0.2) is 18.2 Å². The van der Waals surface area contributed by atoms with E-state index in [9.17, 15) is 18.3 Å². The van der Waals surface area contributed by atoms with E-state index in [0.717, 1.165) is 68.2 Å². The number of phenols is 1. The average molecular weight is 421 g/mol. The molecule has 2 aliphatic heterocycles. The molecule has 0 radical (unpaired) electrons. The summed E-state index contributed by atoms with van der Waals surface area (Å²) in [7, 11) is 4.10. The van der Waals surface area contributed by atoms with Crippen LogP contribution in [-0.2, 0) is 6.18 Å². The van der Waals surface area contributed by atoms with Gasteiger partial charge in [0.25, 0.3) is 0 Å². The van der Waals surface area contributed by atoms with E-state index >= 15 is 0 Å². The third kappa shape index (κ3) is 3.66. The lowest BCUT2D eigenvalue weighted by molar-refractivity contribution is -0.137. The van der Waals surface area contributed by atoms with Crippen molar-refractivity contribution in [2.75, 3.05) is 50.1 Å². The molecule has 3 heterocycles. The van der Waals surface area contributed by atoms with Gasteiger partial charge in [0.1, 0.15) is 11.4 Å². The summed E-state index contributed by atoms with van der Waals surface area (Å²) >= 11 is 0. The van der Waals surface area contributed by atoms with E-state index in [-0.39, 0.29) is 5.56 Å². The highest BCUT2D eigenvalue weighted by Gasteiger charge is 2.34. The fraction of sp³-hybridized carbons (Fsp3) is 0.524. The van der Waals surface area contributed by atoms with Crippen molar-refractivity contribution in [3.05, 3.63) is 29.3 Å². The molecule has 2 aromatic rings. The number of nitrogens with zero attached hydrogens (tertiary/aromatic N) is 5. The number of fused-ring (bicyclic) bond motifs is 1. The SMILES string of the molecule is Cc1c(-c2ccc(C(F)(F)F)cc2O)nnc2c1N(C)CCN2[C@H]1CCCN(C)C1. The molecular formula is C21H26F3N5O. The first-order valence-electron chi connectivity index (χ1n) is 10.1. The van der Waals surface area contributed by atoms with Gasteiger partial charge in [-0.1, -0.05) is 0 Å². The molecule has 0 bridgehead atoms. The number of aromatic nitrogens is 2. The van der Waals surface area contributed by atoms with E-state index in [1.165, 1.54) is 6.07 Å². The molecule has 1 aromatic carbocycles. The van der Waals surface area contributed by atoms with Crippen molar-refractivity contribution in [3.63, 3.8) is 0 Å². The first-order chi connectivity index (χ1) is 14.2. The molecule has 6 nitrogen and oxygen atoms in total. The predicted octanol–water partition coefficient (Wildman–Crippen LogP) is 3.53. The van der Waals surface area contributed by atoms with Crippen LogP contribution in [-0.4, -0.2) is 66.5 Å². The maximum Gasteiger partial charge on any atom is 0.416 e. The Morgan fingerprint density at radius 1 is 1.10 bits per heavy atom. The molecule has 162 valence electrons. The first kappa shape index (κ1) is 20.7. The van der Waals surface area contributed by atoms with Gasteiger partial charge in [-0.3, -0.25) is 0 Å². The number of rotatable bonds is 2. The van der Waals surface area contributed by atoms with E-state index in [1.807, 2.05) is 14.0 Å². The fourth-order valence-electron chi connectivity index (χ4n) is 4.54. The van der Waals surface area contributed by atoms with Gasteiger partial charge in [0.2, 0.25) is 0 Å². The van der Waals surface area contributed by atoms with Gasteiger partial charge in [0.15, 0.2) is 5.82 Å². The highest BCUT2D eigenvalue weighted by Crippen LogP contribution is 2.42. The van der Waals surface area contributed by atoms with Crippen LogP contribution in [0.5, 0.6) is 5.75 Å². The zero-order chi connectivity index (χ0) is 21.6. The third-order valence-electron chi connectivity index (χ3n) is 6.12. The Bertz CT molecular complexity index is 949. The number of alkyl halides is 3. The topological polar surface area (TPSA) is 55.7 Å². The average Bonchev–Trinajstić information content (AvgIpc) is 2.68. The smallest absolute Gasteiger partial charge is 0.416 e. The van der Waals surface area contributed by atoms with Crippen LogP contribution in [0.1, 0.15) is 24.0 Å². The van der Waals surface area contributed by atoms with E-state index in [4.69, 9.17) is 0 Å². The van der Waals surface area contributed by atoms with Crippen molar-refractivity contribution in [2.24, 2.45) is 0 Å². The Labute approximate surface area is 173 Å². The number of anilines is 2. The third-order valence-corrected chi connectivity index (χ3v) is 6.12. The number of piperidine rings is 1. The molecule has 0 unspecified atom stereocenters. The highest BCUT2D eigenvalue weighted by molar-refractivity contribution is 5.81. The second-order valence-corrected chi connectivity index (χ2v) is 8.25. The molecule has 1 N–H and O–H groups in total. The predicted molar refractivity (Wildman–Crippen MR) is 110 cm³/mol. The summed E-state index contributed by atoms with van der Waals surface area (Å²) in [5.41, 5.74) is 1.47. The minimum Gasteiger partial charge on any atom is -0.507 e. The largest absolute Gasteiger partial charge is 0.507 e. The summed E-state index contributed by atoms with van der Waals surface area (Å²) in [6, 6.07) is 3.32. The van der Waals surface area contributed by atoms with E-state index in [2.05, 4.69) is 31.9 Å². The number of aromatic hydroxyl groups is 1. The maximum absolute atomic E-state index is 13.0. The van der Waals surface area contributed by atoms with E-state index in [1.54, 1.807) is 0 Å². The van der Waals surface area contributed by atoms with Crippen molar-refractivity contribution >= 4 is 11.5 Å². The van der Waals surface area contributed by atoms with E-state index < -0.39 is 17.5 Å². The molecule has 1 saturated heterocycles. The molecular weight excluding hydrogens is 395 g/mol. The number of phenolic OH excluding ortho intramolecular Hbond substituents is 1. The molecule has 0 saturated carbocycles. The molecule has 1 fully saturated rings. The molecule has 4 rings (SSSR count). The second kappa shape index (κ2) is 7.61. The lowest BCUT2D eigenvalue weighted by Crippen LogP contribution is -2.52. The number of likely N-dealkylation sites (N-methyl/N-ethyl adjacent to an activating group) is 2. The zero-order valence-electron chi connectivity index (χ0n) is 17.4. The fourth-order valence-corrected chi connectivity index (χ4v) is 4.54. The van der Waals surface area contributed by atoms with Crippen molar-refractivity contribution in [2.45, 2.75) is 32.0 Å². The Hall–Kier alpha value is -2.55. The monoisotopic (exact) mass is 421 g/mol. The van der Waals surface area contributed by atoms with Crippen LogP contribution in [0.2, 0.25) is 0 Å². The number of benzene rings is 1. The molecule has 9 heteroatoms. The Kier molecular flexibility index (Phi) is 5.25. The zero-order valence-corrected chi connectivity index (χ0v) is 17.4. The molecule has 1 atom stereocenters. The van der Waals surface area contributed by atoms with Crippen molar-refractivity contribution in [1.82, 2.24) is 15.1 Å². The van der Waals surface area contributed by atoms with Crippen molar-refractivity contribution in [3.8, 4) is 17.0 Å². The summed E-state index contributed by atoms with van der Waals surface area (Å²) in [4.78, 5) is 6.73. The standard InChI is InChI=1S/C21H26F3N5O/c1-13-18(16-7-6-14(11-17(16)30)21(22,23)24)25-26-20-19(13)28(3)9-10-29(20)15-5-4-8-27(2)12-15/h6-7,11,15,30H,4-5,8-10,12H2,1-3H3/t15-/m0/s1. The van der Waals surface area contributed by atoms with Crippen LogP contribution in [0.4, 0.5) is 24.7 Å². The van der Waals surface area contributed by atoms with Crippen molar-refractivity contribution < 1.29 is 18.3 Å². The lowest BCUT2D eigenvalue weighted by Gasteiger charge is -2.44. The normalized spacial score (nSPS) is 20.4. The quantitative estimate of drug-likeness (QED) is 0.801. The van der Waals surface area contributed by atoms with Gasteiger partial charge >= 0.3 is 6.18 Å². The lowest BCUT2D eigenvalue weighted by atomic mass is 10.00. The Balaban J connectivity index is 1.74. The molecule has 1 aromatic heterocycles. The minimum atomic E-state index is -4.51. The van der Waals surface area contributed by atoms with Gasteiger partial charge < -0.3 is 19.8 Å². The highest BCUT2D eigenvalue weighted by atomic mass is 19.4. The van der Waals surface area contributed by atoms with Crippen LogP contribution in [0.25, 0.3) is 11.3 Å².